The highest BCUT2D eigenvalue weighted by molar-refractivity contribution is 5.77. The second kappa shape index (κ2) is 7.61. The number of β-amino-alcohol motifs (C(OH)–C–C–N with tert-alkyl or cyclic N) is 1. The fourth-order valence-electron chi connectivity index (χ4n) is 3.04. The van der Waals surface area contributed by atoms with Gasteiger partial charge in [0, 0.05) is 6.54 Å². The number of ether oxygens (including phenoxy) is 1. The van der Waals surface area contributed by atoms with Gasteiger partial charge in [-0.15, -0.1) is 0 Å². The summed E-state index contributed by atoms with van der Waals surface area (Å²) in [7, 11) is 0. The number of halogens is 2. The van der Waals surface area contributed by atoms with Crippen LogP contribution in [0.3, 0.4) is 0 Å². The van der Waals surface area contributed by atoms with Crippen molar-refractivity contribution in [3.05, 3.63) is 65.7 Å². The predicted octanol–water partition coefficient (Wildman–Crippen LogP) is 3.07. The van der Waals surface area contributed by atoms with Gasteiger partial charge in [0.15, 0.2) is 11.6 Å². The molecule has 0 saturated carbocycles. The molecule has 1 heterocycles. The van der Waals surface area contributed by atoms with E-state index < -0.39 is 11.9 Å². The Bertz CT molecular complexity index is 736. The third-order valence-electron chi connectivity index (χ3n) is 4.26. The first kappa shape index (κ1) is 17.4. The molecule has 2 aromatic rings. The van der Waals surface area contributed by atoms with E-state index >= 15 is 0 Å². The summed E-state index contributed by atoms with van der Waals surface area (Å²) in [5.74, 6) is -0.914. The molecule has 1 N–H and O–H groups in total. The number of likely N-dealkylation sites (tertiary alicyclic amines) is 1. The second-order valence-electron chi connectivity index (χ2n) is 6.03. The average Bonchev–Trinajstić information content (AvgIpc) is 2.99. The lowest BCUT2D eigenvalue weighted by Gasteiger charge is -2.25. The van der Waals surface area contributed by atoms with Crippen LogP contribution in [0.15, 0.2) is 48.5 Å². The van der Waals surface area contributed by atoms with Crippen LogP contribution in [0.25, 0.3) is 0 Å². The highest BCUT2D eigenvalue weighted by Gasteiger charge is 2.34. The van der Waals surface area contributed by atoms with E-state index in [4.69, 9.17) is 4.74 Å². The summed E-state index contributed by atoms with van der Waals surface area (Å²) in [6.07, 6.45) is -0.143. The molecular weight excluding hydrogens is 328 g/mol. The van der Waals surface area contributed by atoms with Crippen molar-refractivity contribution in [1.82, 2.24) is 4.90 Å². The van der Waals surface area contributed by atoms with Gasteiger partial charge in [0.25, 0.3) is 0 Å². The smallest absolute Gasteiger partial charge is 0.226 e. The summed E-state index contributed by atoms with van der Waals surface area (Å²) in [5.41, 5.74) is 0.779. The van der Waals surface area contributed by atoms with Gasteiger partial charge in [-0.25, -0.2) is 8.78 Å². The van der Waals surface area contributed by atoms with Crippen LogP contribution in [0.4, 0.5) is 8.78 Å². The van der Waals surface area contributed by atoms with Gasteiger partial charge in [-0.05, 0) is 36.2 Å². The molecule has 1 aliphatic rings. The molecule has 1 saturated heterocycles. The maximum atomic E-state index is 13.5. The van der Waals surface area contributed by atoms with Crippen molar-refractivity contribution in [2.45, 2.75) is 25.0 Å². The number of hydrogen-bond donors (Lipinski definition) is 1. The minimum Gasteiger partial charge on any atom is -0.490 e. The molecule has 1 amide bonds. The molecule has 25 heavy (non-hydrogen) atoms. The van der Waals surface area contributed by atoms with E-state index in [0.29, 0.717) is 6.42 Å². The Morgan fingerprint density at radius 1 is 1.16 bits per heavy atom. The molecule has 2 aromatic carbocycles. The van der Waals surface area contributed by atoms with Gasteiger partial charge in [-0.1, -0.05) is 24.3 Å². The normalized spacial score (nSPS) is 19.9. The van der Waals surface area contributed by atoms with Crippen molar-refractivity contribution < 1.29 is 23.4 Å². The Kier molecular flexibility index (Phi) is 5.28. The molecule has 0 aromatic heterocycles. The van der Waals surface area contributed by atoms with Crippen LogP contribution < -0.4 is 4.74 Å². The summed E-state index contributed by atoms with van der Waals surface area (Å²) in [4.78, 5) is 14.1. The van der Waals surface area contributed by atoms with Crippen LogP contribution in [-0.4, -0.2) is 35.2 Å². The molecule has 3 rings (SSSR count). The summed E-state index contributed by atoms with van der Waals surface area (Å²) in [5, 5.41) is 9.93. The highest BCUT2D eigenvalue weighted by atomic mass is 19.1. The van der Waals surface area contributed by atoms with Gasteiger partial charge in [0.2, 0.25) is 5.91 Å². The fraction of sp³-hybridized carbons (Fsp3) is 0.316. The van der Waals surface area contributed by atoms with Gasteiger partial charge < -0.3 is 14.7 Å². The summed E-state index contributed by atoms with van der Waals surface area (Å²) in [6, 6.07) is 11.6. The SMILES string of the molecule is O=C(CCOc1ccccc1F)N1C[C@H](O)C[C@@H]1c1ccc(F)cc1. The molecule has 6 heteroatoms. The number of para-hydroxylation sites is 1. The van der Waals surface area contributed by atoms with E-state index in [1.165, 1.54) is 24.3 Å². The topological polar surface area (TPSA) is 49.8 Å². The molecule has 132 valence electrons. The zero-order valence-corrected chi connectivity index (χ0v) is 13.6. The monoisotopic (exact) mass is 347 g/mol. The fourth-order valence-corrected chi connectivity index (χ4v) is 3.04. The zero-order valence-electron chi connectivity index (χ0n) is 13.6. The number of aliphatic hydroxyl groups excluding tert-OH is 1. The van der Waals surface area contributed by atoms with E-state index in [0.717, 1.165) is 5.56 Å². The van der Waals surface area contributed by atoms with Gasteiger partial charge >= 0.3 is 0 Å². The molecule has 0 unspecified atom stereocenters. The molecule has 0 spiro atoms. The van der Waals surface area contributed by atoms with Gasteiger partial charge in [0.1, 0.15) is 5.82 Å². The average molecular weight is 347 g/mol. The van der Waals surface area contributed by atoms with Gasteiger partial charge in [-0.2, -0.15) is 0 Å². The Morgan fingerprint density at radius 2 is 1.88 bits per heavy atom. The minimum atomic E-state index is -0.619. The number of benzene rings is 2. The van der Waals surface area contributed by atoms with E-state index in [1.54, 1.807) is 29.2 Å². The Labute approximate surface area is 144 Å². The van der Waals surface area contributed by atoms with E-state index in [2.05, 4.69) is 0 Å². The van der Waals surface area contributed by atoms with Crippen molar-refractivity contribution in [1.29, 1.82) is 0 Å². The molecule has 4 nitrogen and oxygen atoms in total. The van der Waals surface area contributed by atoms with Crippen molar-refractivity contribution in [2.24, 2.45) is 0 Å². The number of aliphatic hydroxyl groups is 1. The number of rotatable bonds is 5. The van der Waals surface area contributed by atoms with Crippen LogP contribution >= 0.6 is 0 Å². The number of nitrogens with zero attached hydrogens (tertiary/aromatic N) is 1. The van der Waals surface area contributed by atoms with Crippen molar-refractivity contribution >= 4 is 5.91 Å². The third kappa shape index (κ3) is 4.14. The zero-order chi connectivity index (χ0) is 17.8. The highest BCUT2D eigenvalue weighted by Crippen LogP contribution is 2.32. The quantitative estimate of drug-likeness (QED) is 0.904. The Balaban J connectivity index is 1.61. The predicted molar refractivity (Wildman–Crippen MR) is 88.0 cm³/mol. The molecule has 1 aliphatic heterocycles. The number of hydrogen-bond acceptors (Lipinski definition) is 3. The lowest BCUT2D eigenvalue weighted by Crippen LogP contribution is -2.32. The summed E-state index contributed by atoms with van der Waals surface area (Å²) in [6.45, 7) is 0.267. The van der Waals surface area contributed by atoms with Crippen LogP contribution in [0.1, 0.15) is 24.4 Å². The van der Waals surface area contributed by atoms with Crippen molar-refractivity contribution in [3.63, 3.8) is 0 Å². The molecule has 1 fully saturated rings. The van der Waals surface area contributed by atoms with E-state index in [-0.39, 0.29) is 43.1 Å². The van der Waals surface area contributed by atoms with Crippen molar-refractivity contribution in [3.8, 4) is 5.75 Å². The third-order valence-corrected chi connectivity index (χ3v) is 4.26. The first-order chi connectivity index (χ1) is 12.0. The van der Waals surface area contributed by atoms with Crippen LogP contribution in [-0.2, 0) is 4.79 Å². The maximum absolute atomic E-state index is 13.5. The first-order valence-electron chi connectivity index (χ1n) is 8.15. The molecular formula is C19H19F2NO3. The summed E-state index contributed by atoms with van der Waals surface area (Å²) >= 11 is 0. The Hall–Kier alpha value is -2.47. The number of carbonyl (C=O) groups is 1. The standard InChI is InChI=1S/C19H19F2NO3/c20-14-7-5-13(6-8-14)17-11-15(23)12-22(17)19(24)9-10-25-18-4-2-1-3-16(18)21/h1-8,15,17,23H,9-12H2/t15-,17-/m1/s1. The van der Waals surface area contributed by atoms with E-state index in [9.17, 15) is 18.7 Å². The van der Waals surface area contributed by atoms with Crippen LogP contribution in [0.5, 0.6) is 5.75 Å². The number of carbonyl (C=O) groups excluding carboxylic acids is 1. The molecule has 2 atom stereocenters. The van der Waals surface area contributed by atoms with Crippen molar-refractivity contribution in [2.75, 3.05) is 13.2 Å². The van der Waals surface area contributed by atoms with Gasteiger partial charge in [0.05, 0.1) is 25.2 Å². The Morgan fingerprint density at radius 3 is 2.60 bits per heavy atom. The molecule has 0 aliphatic carbocycles. The van der Waals surface area contributed by atoms with Gasteiger partial charge in [-0.3, -0.25) is 4.79 Å². The molecule has 0 radical (unpaired) electrons. The lowest BCUT2D eigenvalue weighted by atomic mass is 10.0. The largest absolute Gasteiger partial charge is 0.490 e. The van der Waals surface area contributed by atoms with E-state index in [1.807, 2.05) is 0 Å². The van der Waals surface area contributed by atoms with Crippen LogP contribution in [0.2, 0.25) is 0 Å². The number of amides is 1. The van der Waals surface area contributed by atoms with Crippen LogP contribution in [0, 0.1) is 11.6 Å². The maximum Gasteiger partial charge on any atom is 0.226 e. The lowest BCUT2D eigenvalue weighted by molar-refractivity contribution is -0.133. The molecule has 0 bridgehead atoms. The first-order valence-corrected chi connectivity index (χ1v) is 8.15. The summed E-state index contributed by atoms with van der Waals surface area (Å²) < 4.78 is 31.9. The minimum absolute atomic E-state index is 0.0441. The second-order valence-corrected chi connectivity index (χ2v) is 6.03.